The SMILES string of the molecule is CC(C)Oc1cc(O)cc(C(=O)N[C@H]2CO[C@H]3[C@@H]2OC[C@H]3O)c1. The van der Waals surface area contributed by atoms with Gasteiger partial charge >= 0.3 is 0 Å². The molecule has 1 aromatic carbocycles. The van der Waals surface area contributed by atoms with E-state index in [1.807, 2.05) is 13.8 Å². The predicted octanol–water partition coefficient (Wildman–Crippen LogP) is 0.436. The first kappa shape index (κ1) is 16.0. The molecule has 23 heavy (non-hydrogen) atoms. The number of ether oxygens (including phenoxy) is 3. The highest BCUT2D eigenvalue weighted by Crippen LogP contribution is 2.28. The summed E-state index contributed by atoms with van der Waals surface area (Å²) in [6.45, 7) is 4.22. The number of phenols is 1. The first-order valence-electron chi connectivity index (χ1n) is 7.67. The van der Waals surface area contributed by atoms with Crippen molar-refractivity contribution in [3.05, 3.63) is 23.8 Å². The van der Waals surface area contributed by atoms with Crippen molar-refractivity contribution in [3.8, 4) is 11.5 Å². The Morgan fingerprint density at radius 3 is 2.74 bits per heavy atom. The zero-order chi connectivity index (χ0) is 16.6. The lowest BCUT2D eigenvalue weighted by molar-refractivity contribution is 0.0178. The van der Waals surface area contributed by atoms with Gasteiger partial charge in [0.15, 0.2) is 0 Å². The minimum atomic E-state index is -0.659. The van der Waals surface area contributed by atoms with E-state index in [1.54, 1.807) is 6.07 Å². The Morgan fingerprint density at radius 2 is 2.00 bits per heavy atom. The predicted molar refractivity (Wildman–Crippen MR) is 80.6 cm³/mol. The third-order valence-electron chi connectivity index (χ3n) is 3.87. The Hall–Kier alpha value is -1.83. The van der Waals surface area contributed by atoms with Crippen LogP contribution in [0.15, 0.2) is 18.2 Å². The lowest BCUT2D eigenvalue weighted by Crippen LogP contribution is -2.44. The van der Waals surface area contributed by atoms with E-state index in [0.29, 0.717) is 11.3 Å². The first-order valence-corrected chi connectivity index (χ1v) is 7.67. The van der Waals surface area contributed by atoms with Crippen molar-refractivity contribution in [2.75, 3.05) is 13.2 Å². The largest absolute Gasteiger partial charge is 0.508 e. The Kier molecular flexibility index (Phi) is 4.43. The van der Waals surface area contributed by atoms with Crippen LogP contribution in [0.25, 0.3) is 0 Å². The van der Waals surface area contributed by atoms with Crippen molar-refractivity contribution in [2.24, 2.45) is 0 Å². The third-order valence-corrected chi connectivity index (χ3v) is 3.87. The molecule has 0 unspecified atom stereocenters. The zero-order valence-corrected chi connectivity index (χ0v) is 13.1. The number of benzene rings is 1. The Morgan fingerprint density at radius 1 is 1.26 bits per heavy atom. The Balaban J connectivity index is 1.70. The summed E-state index contributed by atoms with van der Waals surface area (Å²) < 4.78 is 16.5. The standard InChI is InChI=1S/C16H21NO6/c1-8(2)23-11-4-9(3-10(18)5-11)16(20)17-12-6-21-15-13(19)7-22-14(12)15/h3-5,8,12-15,18-19H,6-7H2,1-2H3,(H,17,20)/t12-,13+,14+,15+/m0/s1. The van der Waals surface area contributed by atoms with Crippen molar-refractivity contribution >= 4 is 5.91 Å². The summed E-state index contributed by atoms with van der Waals surface area (Å²) in [5, 5.41) is 22.3. The van der Waals surface area contributed by atoms with E-state index in [1.165, 1.54) is 12.1 Å². The van der Waals surface area contributed by atoms with Crippen molar-refractivity contribution in [1.82, 2.24) is 5.32 Å². The second-order valence-electron chi connectivity index (χ2n) is 6.13. The molecule has 1 aromatic rings. The van der Waals surface area contributed by atoms with E-state index in [2.05, 4.69) is 5.32 Å². The summed E-state index contributed by atoms with van der Waals surface area (Å²) in [6, 6.07) is 4.08. The second-order valence-corrected chi connectivity index (χ2v) is 6.13. The minimum absolute atomic E-state index is 0.0404. The number of rotatable bonds is 4. The monoisotopic (exact) mass is 323 g/mol. The first-order chi connectivity index (χ1) is 10.9. The molecule has 3 N–H and O–H groups in total. The number of phenolic OH excluding ortho intramolecular Hbond substituents is 1. The topological polar surface area (TPSA) is 97.3 Å². The number of aromatic hydroxyl groups is 1. The van der Waals surface area contributed by atoms with E-state index in [-0.39, 0.29) is 43.1 Å². The van der Waals surface area contributed by atoms with Gasteiger partial charge in [0.2, 0.25) is 0 Å². The summed E-state index contributed by atoms with van der Waals surface area (Å²) in [5.41, 5.74) is 0.294. The van der Waals surface area contributed by atoms with Crippen LogP contribution < -0.4 is 10.1 Å². The maximum absolute atomic E-state index is 12.4. The van der Waals surface area contributed by atoms with Crippen LogP contribution in [-0.2, 0) is 9.47 Å². The van der Waals surface area contributed by atoms with Gasteiger partial charge in [-0.05, 0) is 26.0 Å². The zero-order valence-electron chi connectivity index (χ0n) is 13.1. The molecule has 2 saturated heterocycles. The summed E-state index contributed by atoms with van der Waals surface area (Å²) in [5.74, 6) is 0.0355. The summed E-state index contributed by atoms with van der Waals surface area (Å²) >= 11 is 0. The fourth-order valence-electron chi connectivity index (χ4n) is 2.91. The minimum Gasteiger partial charge on any atom is -0.508 e. The van der Waals surface area contributed by atoms with Gasteiger partial charge in [-0.15, -0.1) is 0 Å². The fraction of sp³-hybridized carbons (Fsp3) is 0.562. The van der Waals surface area contributed by atoms with Crippen molar-refractivity contribution < 1.29 is 29.2 Å². The van der Waals surface area contributed by atoms with Crippen LogP contribution in [0, 0.1) is 0 Å². The molecule has 2 aliphatic heterocycles. The average molecular weight is 323 g/mol. The number of aliphatic hydroxyl groups is 1. The second kappa shape index (κ2) is 6.35. The molecule has 7 nitrogen and oxygen atoms in total. The van der Waals surface area contributed by atoms with Crippen LogP contribution in [-0.4, -0.2) is 59.8 Å². The van der Waals surface area contributed by atoms with Crippen molar-refractivity contribution in [2.45, 2.75) is 44.3 Å². The van der Waals surface area contributed by atoms with Crippen LogP contribution >= 0.6 is 0 Å². The molecule has 0 aromatic heterocycles. The Labute approximate surface area is 134 Å². The van der Waals surface area contributed by atoms with Crippen molar-refractivity contribution in [3.63, 3.8) is 0 Å². The normalized spacial score (nSPS) is 29.6. The number of nitrogens with one attached hydrogen (secondary N) is 1. The maximum Gasteiger partial charge on any atom is 0.251 e. The third kappa shape index (κ3) is 3.41. The summed E-state index contributed by atoms with van der Waals surface area (Å²) in [7, 11) is 0. The molecule has 0 radical (unpaired) electrons. The summed E-state index contributed by atoms with van der Waals surface area (Å²) in [4.78, 5) is 12.4. The highest BCUT2D eigenvalue weighted by Gasteiger charge is 2.47. The highest BCUT2D eigenvalue weighted by molar-refractivity contribution is 5.95. The molecule has 2 aliphatic rings. The van der Waals surface area contributed by atoms with Gasteiger partial charge in [-0.1, -0.05) is 0 Å². The number of carbonyl (C=O) groups is 1. The number of fused-ring (bicyclic) bond motifs is 1. The van der Waals surface area contributed by atoms with Crippen LogP contribution in [0.4, 0.5) is 0 Å². The van der Waals surface area contributed by atoms with E-state index >= 15 is 0 Å². The molecule has 1 amide bonds. The number of amides is 1. The fourth-order valence-corrected chi connectivity index (χ4v) is 2.91. The van der Waals surface area contributed by atoms with Gasteiger partial charge in [0.1, 0.15) is 29.8 Å². The van der Waals surface area contributed by atoms with Gasteiger partial charge in [-0.2, -0.15) is 0 Å². The van der Waals surface area contributed by atoms with E-state index < -0.39 is 12.2 Å². The highest BCUT2D eigenvalue weighted by atomic mass is 16.6. The molecule has 0 aliphatic carbocycles. The van der Waals surface area contributed by atoms with Gasteiger partial charge in [0.25, 0.3) is 5.91 Å². The molecule has 2 heterocycles. The van der Waals surface area contributed by atoms with Crippen LogP contribution in [0.1, 0.15) is 24.2 Å². The lowest BCUT2D eigenvalue weighted by atomic mass is 10.1. The van der Waals surface area contributed by atoms with Gasteiger partial charge in [0, 0.05) is 11.6 Å². The molecule has 0 spiro atoms. The number of hydrogen-bond acceptors (Lipinski definition) is 6. The van der Waals surface area contributed by atoms with Gasteiger partial charge in [-0.3, -0.25) is 4.79 Å². The quantitative estimate of drug-likeness (QED) is 0.744. The van der Waals surface area contributed by atoms with E-state index in [4.69, 9.17) is 14.2 Å². The number of aliphatic hydroxyl groups excluding tert-OH is 1. The Bertz CT molecular complexity index is 590. The molecule has 0 saturated carbocycles. The molecule has 7 heteroatoms. The van der Waals surface area contributed by atoms with E-state index in [9.17, 15) is 15.0 Å². The molecule has 126 valence electrons. The van der Waals surface area contributed by atoms with Crippen molar-refractivity contribution in [1.29, 1.82) is 0 Å². The van der Waals surface area contributed by atoms with Gasteiger partial charge in [0.05, 0.1) is 25.4 Å². The lowest BCUT2D eigenvalue weighted by Gasteiger charge is -2.18. The van der Waals surface area contributed by atoms with Gasteiger partial charge < -0.3 is 29.7 Å². The van der Waals surface area contributed by atoms with Crippen LogP contribution in [0.2, 0.25) is 0 Å². The van der Waals surface area contributed by atoms with Gasteiger partial charge in [-0.25, -0.2) is 0 Å². The molecular weight excluding hydrogens is 302 g/mol. The molecule has 4 atom stereocenters. The molecular formula is C16H21NO6. The molecule has 0 bridgehead atoms. The summed E-state index contributed by atoms with van der Waals surface area (Å²) in [6.07, 6.45) is -1.47. The average Bonchev–Trinajstić information content (AvgIpc) is 3.02. The molecule has 3 rings (SSSR count). The smallest absolute Gasteiger partial charge is 0.251 e. The van der Waals surface area contributed by atoms with Crippen LogP contribution in [0.3, 0.4) is 0 Å². The van der Waals surface area contributed by atoms with E-state index in [0.717, 1.165) is 0 Å². The molecule has 2 fully saturated rings. The van der Waals surface area contributed by atoms with Crippen LogP contribution in [0.5, 0.6) is 11.5 Å². The number of carbonyl (C=O) groups excluding carboxylic acids is 1. The number of hydrogen-bond donors (Lipinski definition) is 3. The maximum atomic E-state index is 12.4.